The first-order valence-corrected chi connectivity index (χ1v) is 9.96. The molecular formula is C22H25N3O3S. The molecule has 0 saturated heterocycles. The van der Waals surface area contributed by atoms with E-state index in [2.05, 4.69) is 42.4 Å². The Labute approximate surface area is 174 Å². The Bertz CT molecular complexity index is 1110. The van der Waals surface area contributed by atoms with E-state index < -0.39 is 0 Å². The van der Waals surface area contributed by atoms with Gasteiger partial charge in [0.05, 0.1) is 33.2 Å². The average Bonchev–Trinajstić information content (AvgIpc) is 3.16. The topological polar surface area (TPSA) is 57.3 Å². The largest absolute Gasteiger partial charge is 0.493 e. The minimum absolute atomic E-state index is 0.532. The molecule has 0 aliphatic heterocycles. The summed E-state index contributed by atoms with van der Waals surface area (Å²) in [7, 11) is 6.54. The average molecular weight is 412 g/mol. The molecule has 0 spiro atoms. The molecule has 0 atom stereocenters. The van der Waals surface area contributed by atoms with Gasteiger partial charge in [0, 0.05) is 23.6 Å². The minimum atomic E-state index is 0.532. The molecule has 0 aliphatic carbocycles. The van der Waals surface area contributed by atoms with Crippen LogP contribution < -0.4 is 19.0 Å². The van der Waals surface area contributed by atoms with Crippen LogP contribution in [0.4, 0.5) is 0 Å². The second kappa shape index (κ2) is 8.96. The van der Waals surface area contributed by atoms with Crippen molar-refractivity contribution in [2.75, 3.05) is 28.4 Å². The van der Waals surface area contributed by atoms with Gasteiger partial charge in [-0.05, 0) is 43.2 Å². The van der Waals surface area contributed by atoms with Crippen LogP contribution in [0.15, 0.2) is 45.8 Å². The lowest BCUT2D eigenvalue weighted by Gasteiger charge is -2.13. The van der Waals surface area contributed by atoms with Gasteiger partial charge in [-0.2, -0.15) is 5.10 Å². The molecule has 3 aromatic rings. The molecule has 0 saturated carbocycles. The van der Waals surface area contributed by atoms with Crippen molar-refractivity contribution in [1.29, 1.82) is 0 Å². The molecule has 0 bridgehead atoms. The Hall–Kier alpha value is -3.06. The number of methoxy groups -OCH3 is 3. The number of benzene rings is 2. The first-order chi connectivity index (χ1) is 14.0. The summed E-state index contributed by atoms with van der Waals surface area (Å²) in [6.45, 7) is 4.22. The Balaban J connectivity index is 2.10. The van der Waals surface area contributed by atoms with Gasteiger partial charge in [0.2, 0.25) is 10.6 Å². The third-order valence-corrected chi connectivity index (χ3v) is 5.63. The van der Waals surface area contributed by atoms with E-state index in [1.165, 1.54) is 11.1 Å². The lowest BCUT2D eigenvalue weighted by molar-refractivity contribution is 0.324. The Morgan fingerprint density at radius 3 is 2.31 bits per heavy atom. The minimum Gasteiger partial charge on any atom is -0.493 e. The predicted molar refractivity (Wildman–Crippen MR) is 118 cm³/mol. The highest BCUT2D eigenvalue weighted by Gasteiger charge is 2.15. The highest BCUT2D eigenvalue weighted by Crippen LogP contribution is 2.39. The fourth-order valence-electron chi connectivity index (χ4n) is 3.01. The Kier molecular flexibility index (Phi) is 6.39. The Morgan fingerprint density at radius 1 is 0.931 bits per heavy atom. The van der Waals surface area contributed by atoms with Crippen LogP contribution in [-0.4, -0.2) is 39.3 Å². The summed E-state index contributed by atoms with van der Waals surface area (Å²) in [5.41, 5.74) is 5.34. The third-order valence-electron chi connectivity index (χ3n) is 4.73. The molecule has 1 heterocycles. The van der Waals surface area contributed by atoms with E-state index in [0.717, 1.165) is 21.6 Å². The summed E-state index contributed by atoms with van der Waals surface area (Å²) in [6, 6.07) is 10.1. The van der Waals surface area contributed by atoms with Crippen LogP contribution in [0.5, 0.6) is 17.2 Å². The second-order valence-corrected chi connectivity index (χ2v) is 7.24. The summed E-state index contributed by atoms with van der Waals surface area (Å²) in [4.78, 5) is 5.16. The van der Waals surface area contributed by atoms with E-state index in [9.17, 15) is 0 Å². The van der Waals surface area contributed by atoms with Gasteiger partial charge in [-0.15, -0.1) is 11.3 Å². The van der Waals surface area contributed by atoms with E-state index in [1.807, 2.05) is 16.8 Å². The van der Waals surface area contributed by atoms with Gasteiger partial charge >= 0.3 is 0 Å². The molecule has 2 aromatic carbocycles. The monoisotopic (exact) mass is 411 g/mol. The maximum atomic E-state index is 5.55. The van der Waals surface area contributed by atoms with Gasteiger partial charge in [0.1, 0.15) is 0 Å². The van der Waals surface area contributed by atoms with Gasteiger partial charge in [-0.1, -0.05) is 12.1 Å². The van der Waals surface area contributed by atoms with Gasteiger partial charge in [0.25, 0.3) is 0 Å². The summed E-state index contributed by atoms with van der Waals surface area (Å²) in [5, 5.41) is 6.77. The maximum Gasteiger partial charge on any atom is 0.205 e. The number of nitrogens with zero attached hydrogens (tertiary/aromatic N) is 3. The quantitative estimate of drug-likeness (QED) is 0.569. The molecule has 0 amide bonds. The molecule has 0 radical (unpaired) electrons. The highest BCUT2D eigenvalue weighted by atomic mass is 32.1. The fourth-order valence-corrected chi connectivity index (χ4v) is 3.81. The van der Waals surface area contributed by atoms with Crippen molar-refractivity contribution in [1.82, 2.24) is 4.68 Å². The van der Waals surface area contributed by atoms with Crippen LogP contribution in [0.25, 0.3) is 11.3 Å². The zero-order chi connectivity index (χ0) is 21.0. The van der Waals surface area contributed by atoms with Crippen molar-refractivity contribution in [3.8, 4) is 28.5 Å². The number of aryl methyl sites for hydroxylation is 2. The van der Waals surface area contributed by atoms with Crippen molar-refractivity contribution in [3.05, 3.63) is 57.2 Å². The molecule has 0 N–H and O–H groups in total. The van der Waals surface area contributed by atoms with E-state index in [0.29, 0.717) is 17.2 Å². The van der Waals surface area contributed by atoms with Crippen LogP contribution in [0.3, 0.4) is 0 Å². The number of rotatable bonds is 6. The molecule has 0 aliphatic rings. The first-order valence-electron chi connectivity index (χ1n) is 9.08. The highest BCUT2D eigenvalue weighted by molar-refractivity contribution is 7.07. The fraction of sp³-hybridized carbons (Fsp3) is 0.273. The summed E-state index contributed by atoms with van der Waals surface area (Å²) in [5.74, 6) is 1.70. The molecule has 7 heteroatoms. The zero-order valence-corrected chi connectivity index (χ0v) is 18.3. The van der Waals surface area contributed by atoms with Gasteiger partial charge in [-0.25, -0.2) is 4.68 Å². The van der Waals surface area contributed by atoms with E-state index in [1.54, 1.807) is 45.9 Å². The van der Waals surface area contributed by atoms with E-state index in [-0.39, 0.29) is 0 Å². The van der Waals surface area contributed by atoms with Crippen molar-refractivity contribution in [3.63, 3.8) is 0 Å². The molecule has 6 nitrogen and oxygen atoms in total. The number of thiazole rings is 1. The van der Waals surface area contributed by atoms with Crippen LogP contribution in [0.2, 0.25) is 0 Å². The molecule has 1 aromatic heterocycles. The van der Waals surface area contributed by atoms with Crippen molar-refractivity contribution in [2.45, 2.75) is 13.8 Å². The number of ether oxygens (including phenoxy) is 3. The lowest BCUT2D eigenvalue weighted by atomic mass is 10.1. The first kappa shape index (κ1) is 20.7. The third kappa shape index (κ3) is 4.05. The maximum absolute atomic E-state index is 5.55. The standard InChI is InChI=1S/C22H25N3O3S/c1-14-7-8-16(11-15(14)2)18-13-29-22(23-3)25(18)24-12-17-9-10-19(26-4)21(28-6)20(17)27-5/h7-13H,1-6H3. The van der Waals surface area contributed by atoms with Crippen LogP contribution >= 0.6 is 11.3 Å². The van der Waals surface area contributed by atoms with E-state index in [4.69, 9.17) is 19.3 Å². The lowest BCUT2D eigenvalue weighted by Crippen LogP contribution is -2.11. The molecule has 29 heavy (non-hydrogen) atoms. The van der Waals surface area contributed by atoms with Crippen LogP contribution in [-0.2, 0) is 0 Å². The predicted octanol–water partition coefficient (Wildman–Crippen LogP) is 4.27. The number of hydrogen-bond donors (Lipinski definition) is 0. The van der Waals surface area contributed by atoms with Gasteiger partial charge in [0.15, 0.2) is 11.5 Å². The van der Waals surface area contributed by atoms with Crippen LogP contribution in [0.1, 0.15) is 16.7 Å². The summed E-state index contributed by atoms with van der Waals surface area (Å²) >= 11 is 1.55. The Morgan fingerprint density at radius 2 is 1.69 bits per heavy atom. The number of aromatic nitrogens is 1. The molecule has 3 rings (SSSR count). The second-order valence-electron chi connectivity index (χ2n) is 6.41. The van der Waals surface area contributed by atoms with Gasteiger partial charge < -0.3 is 14.2 Å². The molecule has 152 valence electrons. The normalized spacial score (nSPS) is 11.9. The van der Waals surface area contributed by atoms with Crippen molar-refractivity contribution >= 4 is 17.6 Å². The number of hydrogen-bond acceptors (Lipinski definition) is 6. The molecular weight excluding hydrogens is 386 g/mol. The van der Waals surface area contributed by atoms with E-state index >= 15 is 0 Å². The van der Waals surface area contributed by atoms with Gasteiger partial charge in [-0.3, -0.25) is 4.99 Å². The van der Waals surface area contributed by atoms with Crippen molar-refractivity contribution < 1.29 is 14.2 Å². The smallest absolute Gasteiger partial charge is 0.205 e. The van der Waals surface area contributed by atoms with Crippen LogP contribution in [0, 0.1) is 13.8 Å². The summed E-state index contributed by atoms with van der Waals surface area (Å²) < 4.78 is 18.2. The van der Waals surface area contributed by atoms with Crippen molar-refractivity contribution in [2.24, 2.45) is 10.1 Å². The zero-order valence-electron chi connectivity index (χ0n) is 17.5. The molecule has 0 fully saturated rings. The SMILES string of the molecule is CN=c1scc(-c2ccc(C)c(C)c2)n1N=Cc1ccc(OC)c(OC)c1OC. The molecule has 0 unspecified atom stereocenters. The summed E-state index contributed by atoms with van der Waals surface area (Å²) in [6.07, 6.45) is 1.74.